The molecule has 0 spiro atoms. The Kier molecular flexibility index (Phi) is 4.67. The lowest BCUT2D eigenvalue weighted by atomic mass is 10.1. The Morgan fingerprint density at radius 2 is 2.11 bits per heavy atom. The second kappa shape index (κ2) is 6.02. The molecule has 0 saturated carbocycles. The molecule has 1 aromatic carbocycles. The first-order valence-corrected chi connectivity index (χ1v) is 5.62. The van der Waals surface area contributed by atoms with Crippen LogP contribution in [0, 0.1) is 11.3 Å². The van der Waals surface area contributed by atoms with E-state index in [1.165, 1.54) is 0 Å². The van der Waals surface area contributed by atoms with Gasteiger partial charge in [-0.2, -0.15) is 5.26 Å². The van der Waals surface area contributed by atoms with Gasteiger partial charge in [0.2, 0.25) is 5.88 Å². The van der Waals surface area contributed by atoms with Crippen molar-refractivity contribution in [3.8, 4) is 11.9 Å². The topological polar surface area (TPSA) is 45.9 Å². The van der Waals surface area contributed by atoms with Crippen molar-refractivity contribution < 1.29 is 4.74 Å². The monoisotopic (exact) mass is 242 g/mol. The smallest absolute Gasteiger partial charge is 0.216 e. The SMILES string of the molecule is C.CCc1cc2ccc(CC#N)cc2nc1OC. The third kappa shape index (κ3) is 2.60. The minimum Gasteiger partial charge on any atom is -0.481 e. The highest BCUT2D eigenvalue weighted by Gasteiger charge is 2.06. The molecule has 3 heteroatoms. The highest BCUT2D eigenvalue weighted by Crippen LogP contribution is 2.23. The summed E-state index contributed by atoms with van der Waals surface area (Å²) in [6.07, 6.45) is 1.31. The van der Waals surface area contributed by atoms with Crippen molar-refractivity contribution in [3.63, 3.8) is 0 Å². The van der Waals surface area contributed by atoms with Gasteiger partial charge in [-0.15, -0.1) is 0 Å². The number of aromatic nitrogens is 1. The molecular formula is C15H18N2O. The number of pyridine rings is 1. The number of ether oxygens (including phenoxy) is 1. The van der Waals surface area contributed by atoms with Gasteiger partial charge in [0.15, 0.2) is 0 Å². The predicted molar refractivity (Wildman–Crippen MR) is 73.7 cm³/mol. The van der Waals surface area contributed by atoms with Crippen LogP contribution < -0.4 is 4.74 Å². The highest BCUT2D eigenvalue weighted by atomic mass is 16.5. The second-order valence-electron chi connectivity index (χ2n) is 3.87. The summed E-state index contributed by atoms with van der Waals surface area (Å²) in [6.45, 7) is 2.08. The van der Waals surface area contributed by atoms with Gasteiger partial charge < -0.3 is 4.74 Å². The molecule has 1 aromatic heterocycles. The summed E-state index contributed by atoms with van der Waals surface area (Å²) in [7, 11) is 1.63. The number of nitriles is 1. The molecule has 0 unspecified atom stereocenters. The molecule has 0 bridgehead atoms. The van der Waals surface area contributed by atoms with E-state index in [4.69, 9.17) is 10.00 Å². The Hall–Kier alpha value is -2.08. The van der Waals surface area contributed by atoms with Crippen LogP contribution in [0.5, 0.6) is 5.88 Å². The number of rotatable bonds is 3. The van der Waals surface area contributed by atoms with E-state index in [0.717, 1.165) is 28.5 Å². The summed E-state index contributed by atoms with van der Waals surface area (Å²) >= 11 is 0. The van der Waals surface area contributed by atoms with Gasteiger partial charge in [0.25, 0.3) is 0 Å². The van der Waals surface area contributed by atoms with Gasteiger partial charge in [0, 0.05) is 10.9 Å². The molecule has 2 aromatic rings. The number of nitrogens with zero attached hydrogens (tertiary/aromatic N) is 2. The summed E-state index contributed by atoms with van der Waals surface area (Å²) in [6, 6.07) is 10.2. The van der Waals surface area contributed by atoms with E-state index in [-0.39, 0.29) is 7.43 Å². The second-order valence-corrected chi connectivity index (χ2v) is 3.87. The maximum absolute atomic E-state index is 8.68. The minimum absolute atomic E-state index is 0. The van der Waals surface area contributed by atoms with Gasteiger partial charge in [-0.05, 0) is 24.1 Å². The standard InChI is InChI=1S/C14H14N2O.CH4/c1-3-11-9-12-5-4-10(6-7-15)8-13(12)16-14(11)17-2;/h4-5,8-9H,3,6H2,1-2H3;1H4. The molecule has 94 valence electrons. The zero-order chi connectivity index (χ0) is 12.3. The molecular weight excluding hydrogens is 224 g/mol. The Morgan fingerprint density at radius 3 is 2.72 bits per heavy atom. The average molecular weight is 242 g/mol. The Balaban J connectivity index is 0.00000162. The zero-order valence-corrected chi connectivity index (χ0v) is 10.0. The zero-order valence-electron chi connectivity index (χ0n) is 10.0. The molecule has 0 aliphatic heterocycles. The van der Waals surface area contributed by atoms with Crippen LogP contribution >= 0.6 is 0 Å². The number of hydrogen-bond donors (Lipinski definition) is 0. The first-order chi connectivity index (χ1) is 8.28. The van der Waals surface area contributed by atoms with Gasteiger partial charge in [0.1, 0.15) is 0 Å². The Morgan fingerprint density at radius 1 is 1.33 bits per heavy atom. The molecule has 0 fully saturated rings. The van der Waals surface area contributed by atoms with Crippen LogP contribution in [0.1, 0.15) is 25.5 Å². The molecule has 2 rings (SSSR count). The third-order valence-electron chi connectivity index (χ3n) is 2.78. The number of methoxy groups -OCH3 is 1. The lowest BCUT2D eigenvalue weighted by Crippen LogP contribution is -1.95. The molecule has 1 heterocycles. The molecule has 3 nitrogen and oxygen atoms in total. The number of benzene rings is 1. The van der Waals surface area contributed by atoms with Gasteiger partial charge in [0.05, 0.1) is 25.1 Å². The fourth-order valence-corrected chi connectivity index (χ4v) is 1.87. The van der Waals surface area contributed by atoms with Crippen molar-refractivity contribution in [1.29, 1.82) is 5.26 Å². The average Bonchev–Trinajstić information content (AvgIpc) is 2.37. The van der Waals surface area contributed by atoms with Crippen molar-refractivity contribution >= 4 is 10.9 Å². The molecule has 0 N–H and O–H groups in total. The van der Waals surface area contributed by atoms with Crippen LogP contribution in [-0.2, 0) is 12.8 Å². The molecule has 0 radical (unpaired) electrons. The molecule has 18 heavy (non-hydrogen) atoms. The third-order valence-corrected chi connectivity index (χ3v) is 2.78. The normalized spacial score (nSPS) is 9.61. The van der Waals surface area contributed by atoms with Crippen LogP contribution in [-0.4, -0.2) is 12.1 Å². The van der Waals surface area contributed by atoms with E-state index >= 15 is 0 Å². The minimum atomic E-state index is 0. The van der Waals surface area contributed by atoms with Crippen molar-refractivity contribution in [3.05, 3.63) is 35.4 Å². The Bertz CT molecular complexity index is 585. The van der Waals surface area contributed by atoms with E-state index in [0.29, 0.717) is 12.3 Å². The molecule has 0 aliphatic rings. The van der Waals surface area contributed by atoms with Crippen LogP contribution in [0.3, 0.4) is 0 Å². The van der Waals surface area contributed by atoms with Crippen LogP contribution in [0.2, 0.25) is 0 Å². The summed E-state index contributed by atoms with van der Waals surface area (Å²) in [5, 5.41) is 9.77. The number of aryl methyl sites for hydroxylation is 1. The fraction of sp³-hybridized carbons (Fsp3) is 0.333. The van der Waals surface area contributed by atoms with Gasteiger partial charge in [-0.3, -0.25) is 0 Å². The van der Waals surface area contributed by atoms with Crippen LogP contribution in [0.25, 0.3) is 10.9 Å². The van der Waals surface area contributed by atoms with Gasteiger partial charge >= 0.3 is 0 Å². The predicted octanol–water partition coefficient (Wildman–Crippen LogP) is 3.51. The largest absolute Gasteiger partial charge is 0.481 e. The van der Waals surface area contributed by atoms with E-state index in [1.54, 1.807) is 7.11 Å². The number of hydrogen-bond acceptors (Lipinski definition) is 3. The molecule has 0 atom stereocenters. The van der Waals surface area contributed by atoms with Gasteiger partial charge in [-0.25, -0.2) is 4.98 Å². The van der Waals surface area contributed by atoms with E-state index in [2.05, 4.69) is 24.0 Å². The first-order valence-electron chi connectivity index (χ1n) is 5.62. The quantitative estimate of drug-likeness (QED) is 0.827. The summed E-state index contributed by atoms with van der Waals surface area (Å²) < 4.78 is 5.27. The van der Waals surface area contributed by atoms with Crippen molar-refractivity contribution in [2.24, 2.45) is 0 Å². The summed E-state index contributed by atoms with van der Waals surface area (Å²) in [5.41, 5.74) is 2.97. The van der Waals surface area contributed by atoms with E-state index in [1.807, 2.05) is 18.2 Å². The lowest BCUT2D eigenvalue weighted by Gasteiger charge is -2.08. The Labute approximate surface area is 108 Å². The van der Waals surface area contributed by atoms with E-state index < -0.39 is 0 Å². The van der Waals surface area contributed by atoms with Crippen LogP contribution in [0.15, 0.2) is 24.3 Å². The van der Waals surface area contributed by atoms with Crippen molar-refractivity contribution in [2.45, 2.75) is 27.2 Å². The molecule has 0 saturated heterocycles. The van der Waals surface area contributed by atoms with Crippen LogP contribution in [0.4, 0.5) is 0 Å². The lowest BCUT2D eigenvalue weighted by molar-refractivity contribution is 0.395. The first kappa shape index (κ1) is 14.0. The summed E-state index contributed by atoms with van der Waals surface area (Å²) in [5.74, 6) is 0.675. The molecule has 0 aliphatic carbocycles. The maximum atomic E-state index is 8.68. The van der Waals surface area contributed by atoms with E-state index in [9.17, 15) is 0 Å². The number of fused-ring (bicyclic) bond motifs is 1. The highest BCUT2D eigenvalue weighted by molar-refractivity contribution is 5.81. The fourth-order valence-electron chi connectivity index (χ4n) is 1.87. The summed E-state index contributed by atoms with van der Waals surface area (Å²) in [4.78, 5) is 4.48. The van der Waals surface area contributed by atoms with Gasteiger partial charge in [-0.1, -0.05) is 26.5 Å². The van der Waals surface area contributed by atoms with Crippen molar-refractivity contribution in [1.82, 2.24) is 4.98 Å². The maximum Gasteiger partial charge on any atom is 0.216 e. The molecule has 0 amide bonds. The van der Waals surface area contributed by atoms with Crippen molar-refractivity contribution in [2.75, 3.05) is 7.11 Å².